The number of rotatable bonds is 12. The van der Waals surface area contributed by atoms with Gasteiger partial charge in [0.15, 0.2) is 0 Å². The van der Waals surface area contributed by atoms with Crippen molar-refractivity contribution in [1.29, 1.82) is 0 Å². The predicted octanol–water partition coefficient (Wildman–Crippen LogP) is 5.28. The summed E-state index contributed by atoms with van der Waals surface area (Å²) in [5.74, 6) is 0.900. The molecule has 5 heteroatoms. The normalized spacial score (nSPS) is 13.5. The van der Waals surface area contributed by atoms with Gasteiger partial charge in [-0.05, 0) is 43.5 Å². The van der Waals surface area contributed by atoms with Crippen molar-refractivity contribution in [3.8, 4) is 5.75 Å². The summed E-state index contributed by atoms with van der Waals surface area (Å²) < 4.78 is 5.73. The number of anilines is 1. The maximum Gasteiger partial charge on any atom is 0.119 e. The van der Waals surface area contributed by atoms with Gasteiger partial charge in [-0.15, -0.1) is 0 Å². The highest BCUT2D eigenvalue weighted by Gasteiger charge is 2.09. The van der Waals surface area contributed by atoms with E-state index in [4.69, 9.17) is 4.74 Å². The second-order valence-electron chi connectivity index (χ2n) is 6.47. The van der Waals surface area contributed by atoms with Crippen molar-refractivity contribution in [2.45, 2.75) is 71.6 Å². The van der Waals surface area contributed by atoms with Crippen molar-refractivity contribution in [3.05, 3.63) is 24.3 Å². The van der Waals surface area contributed by atoms with Crippen LogP contribution in [0.2, 0.25) is 0 Å². The molecular formula is C20H32N4O. The fourth-order valence-corrected chi connectivity index (χ4v) is 2.67. The third-order valence-electron chi connectivity index (χ3n) is 4.24. The Morgan fingerprint density at radius 2 is 1.64 bits per heavy atom. The van der Waals surface area contributed by atoms with Crippen molar-refractivity contribution < 1.29 is 4.74 Å². The molecule has 1 aromatic rings. The highest BCUT2D eigenvalue weighted by atomic mass is 16.5. The van der Waals surface area contributed by atoms with E-state index in [9.17, 15) is 0 Å². The second kappa shape index (κ2) is 11.5. The molecule has 1 aromatic carbocycles. The maximum atomic E-state index is 5.73. The van der Waals surface area contributed by atoms with Gasteiger partial charge in [-0.1, -0.05) is 52.4 Å². The minimum absolute atomic E-state index is 0.777. The highest BCUT2D eigenvalue weighted by molar-refractivity contribution is 6.31. The molecule has 0 saturated carbocycles. The van der Waals surface area contributed by atoms with Crippen molar-refractivity contribution in [2.24, 2.45) is 10.2 Å². The Kier molecular flexibility index (Phi) is 8.87. The standard InChI is InChI=1S/C20H32N4O/c1-3-5-7-8-9-11-18-17-21-24(23-22-18)19-12-14-20(15-13-19)25-16-10-6-4-2/h12-15,17,23H,3-11,16H2,1-2H3. The number of hydrazone groups is 2. The van der Waals surface area contributed by atoms with Crippen LogP contribution in [0.5, 0.6) is 5.75 Å². The van der Waals surface area contributed by atoms with Crippen LogP contribution in [0.1, 0.15) is 71.6 Å². The first-order chi connectivity index (χ1) is 12.3. The Morgan fingerprint density at radius 1 is 0.920 bits per heavy atom. The predicted molar refractivity (Wildman–Crippen MR) is 106 cm³/mol. The van der Waals surface area contributed by atoms with Crippen LogP contribution in [0.15, 0.2) is 34.5 Å². The van der Waals surface area contributed by atoms with Gasteiger partial charge in [0, 0.05) is 0 Å². The minimum Gasteiger partial charge on any atom is -0.494 e. The molecule has 5 nitrogen and oxygen atoms in total. The van der Waals surface area contributed by atoms with Crippen LogP contribution in [-0.4, -0.2) is 18.5 Å². The molecule has 0 unspecified atom stereocenters. The number of hydrazine groups is 1. The number of unbranched alkanes of at least 4 members (excludes halogenated alkanes) is 6. The van der Waals surface area contributed by atoms with Gasteiger partial charge in [-0.25, -0.2) is 0 Å². The molecule has 0 bridgehead atoms. The monoisotopic (exact) mass is 344 g/mol. The van der Waals surface area contributed by atoms with Gasteiger partial charge in [0.05, 0.1) is 24.2 Å². The number of nitrogens with one attached hydrogen (secondary N) is 1. The van der Waals surface area contributed by atoms with Gasteiger partial charge in [0.1, 0.15) is 5.75 Å². The first-order valence-corrected chi connectivity index (χ1v) is 9.72. The summed E-state index contributed by atoms with van der Waals surface area (Å²) in [6.45, 7) is 5.21. The Labute approximate surface area is 152 Å². The number of nitrogens with zero attached hydrogens (tertiary/aromatic N) is 3. The molecule has 1 N–H and O–H groups in total. The summed E-state index contributed by atoms with van der Waals surface area (Å²) in [6, 6.07) is 7.94. The van der Waals surface area contributed by atoms with Crippen LogP contribution in [0, 0.1) is 0 Å². The van der Waals surface area contributed by atoms with Gasteiger partial charge in [0.2, 0.25) is 0 Å². The molecule has 1 heterocycles. The summed E-state index contributed by atoms with van der Waals surface area (Å²) >= 11 is 0. The van der Waals surface area contributed by atoms with Gasteiger partial charge in [-0.2, -0.15) is 20.9 Å². The van der Waals surface area contributed by atoms with Crippen molar-refractivity contribution in [2.75, 3.05) is 11.7 Å². The average molecular weight is 345 g/mol. The summed E-state index contributed by atoms with van der Waals surface area (Å²) in [5, 5.41) is 10.5. The van der Waals surface area contributed by atoms with E-state index in [-0.39, 0.29) is 0 Å². The first kappa shape index (κ1) is 19.3. The number of hydrogen-bond acceptors (Lipinski definition) is 5. The van der Waals surface area contributed by atoms with Crippen LogP contribution >= 0.6 is 0 Å². The molecular weight excluding hydrogens is 312 g/mol. The average Bonchev–Trinajstić information content (AvgIpc) is 2.66. The van der Waals surface area contributed by atoms with Crippen molar-refractivity contribution >= 4 is 17.6 Å². The zero-order valence-corrected chi connectivity index (χ0v) is 15.7. The first-order valence-electron chi connectivity index (χ1n) is 9.72. The van der Waals surface area contributed by atoms with E-state index < -0.39 is 0 Å². The number of ether oxygens (including phenoxy) is 1. The summed E-state index contributed by atoms with van der Waals surface area (Å²) in [6.07, 6.45) is 12.7. The zero-order valence-electron chi connectivity index (χ0n) is 15.7. The molecule has 0 aromatic heterocycles. The molecule has 0 aliphatic carbocycles. The van der Waals surface area contributed by atoms with E-state index in [2.05, 4.69) is 29.6 Å². The molecule has 0 amide bonds. The Bertz CT molecular complexity index is 539. The van der Waals surface area contributed by atoms with Gasteiger partial charge < -0.3 is 4.74 Å². The van der Waals surface area contributed by atoms with Crippen LogP contribution in [-0.2, 0) is 0 Å². The minimum atomic E-state index is 0.777. The Morgan fingerprint density at radius 3 is 2.32 bits per heavy atom. The van der Waals surface area contributed by atoms with Crippen LogP contribution in [0.4, 0.5) is 5.69 Å². The zero-order chi connectivity index (χ0) is 17.7. The lowest BCUT2D eigenvalue weighted by atomic mass is 10.1. The molecule has 0 fully saturated rings. The molecule has 0 spiro atoms. The lowest BCUT2D eigenvalue weighted by molar-refractivity contribution is 0.306. The smallest absolute Gasteiger partial charge is 0.119 e. The Hall–Kier alpha value is -2.04. The lowest BCUT2D eigenvalue weighted by Crippen LogP contribution is -2.34. The molecule has 1 aliphatic heterocycles. The van der Waals surface area contributed by atoms with Crippen LogP contribution in [0.25, 0.3) is 0 Å². The molecule has 0 saturated heterocycles. The highest BCUT2D eigenvalue weighted by Crippen LogP contribution is 2.19. The van der Waals surface area contributed by atoms with Crippen LogP contribution in [0.3, 0.4) is 0 Å². The van der Waals surface area contributed by atoms with E-state index in [0.717, 1.165) is 36.6 Å². The molecule has 0 radical (unpaired) electrons. The van der Waals surface area contributed by atoms with E-state index in [1.54, 1.807) is 5.12 Å². The van der Waals surface area contributed by atoms with Crippen molar-refractivity contribution in [1.82, 2.24) is 5.53 Å². The maximum absolute atomic E-state index is 5.73. The quantitative estimate of drug-likeness (QED) is 0.525. The third-order valence-corrected chi connectivity index (χ3v) is 4.24. The molecule has 0 atom stereocenters. The summed E-state index contributed by atoms with van der Waals surface area (Å²) in [7, 11) is 0. The Balaban J connectivity index is 1.72. The van der Waals surface area contributed by atoms with Gasteiger partial charge >= 0.3 is 0 Å². The number of benzene rings is 1. The van der Waals surface area contributed by atoms with Gasteiger partial charge in [0.25, 0.3) is 0 Å². The molecule has 2 rings (SSSR count). The lowest BCUT2D eigenvalue weighted by Gasteiger charge is -2.21. The second-order valence-corrected chi connectivity index (χ2v) is 6.47. The van der Waals surface area contributed by atoms with E-state index in [1.807, 2.05) is 30.5 Å². The largest absolute Gasteiger partial charge is 0.494 e. The van der Waals surface area contributed by atoms with Crippen LogP contribution < -0.4 is 15.4 Å². The molecule has 25 heavy (non-hydrogen) atoms. The van der Waals surface area contributed by atoms with E-state index >= 15 is 0 Å². The summed E-state index contributed by atoms with van der Waals surface area (Å²) in [4.78, 5) is 0. The topological polar surface area (TPSA) is 49.2 Å². The van der Waals surface area contributed by atoms with Gasteiger partial charge in [-0.3, -0.25) is 0 Å². The molecule has 1 aliphatic rings. The van der Waals surface area contributed by atoms with E-state index in [1.165, 1.54) is 44.9 Å². The number of hydrogen-bond donors (Lipinski definition) is 1. The third kappa shape index (κ3) is 7.16. The summed E-state index contributed by atoms with van der Waals surface area (Å²) in [5.41, 5.74) is 4.96. The van der Waals surface area contributed by atoms with Crippen molar-refractivity contribution in [3.63, 3.8) is 0 Å². The van der Waals surface area contributed by atoms with E-state index in [0.29, 0.717) is 0 Å². The fourth-order valence-electron chi connectivity index (χ4n) is 2.67. The SMILES string of the molecule is CCCCCCCC1=NNN(c2ccc(OCCCCC)cc2)N=C1. The fraction of sp³-hybridized carbons (Fsp3) is 0.600. The molecule has 138 valence electrons.